The van der Waals surface area contributed by atoms with Crippen LogP contribution in [-0.4, -0.2) is 34.0 Å². The van der Waals surface area contributed by atoms with E-state index >= 15 is 0 Å². The van der Waals surface area contributed by atoms with Gasteiger partial charge in [-0.1, -0.05) is 60.7 Å². The van der Waals surface area contributed by atoms with Crippen LogP contribution in [0.25, 0.3) is 10.6 Å². The average Bonchev–Trinajstić information content (AvgIpc) is 3.16. The number of aliphatic hydroxyl groups excluding tert-OH is 1. The van der Waals surface area contributed by atoms with Gasteiger partial charge in [-0.3, -0.25) is 4.79 Å². The summed E-state index contributed by atoms with van der Waals surface area (Å²) >= 11 is 1.47. The van der Waals surface area contributed by atoms with Gasteiger partial charge in [0.2, 0.25) is 0 Å². The number of hydrogen-bond donors (Lipinski definition) is 1. The summed E-state index contributed by atoms with van der Waals surface area (Å²) in [7, 11) is 0. The molecule has 1 N–H and O–H groups in total. The number of thiazole rings is 1. The van der Waals surface area contributed by atoms with E-state index < -0.39 is 6.10 Å². The van der Waals surface area contributed by atoms with Gasteiger partial charge < -0.3 is 10.0 Å². The third kappa shape index (κ3) is 3.86. The van der Waals surface area contributed by atoms with Crippen molar-refractivity contribution in [3.8, 4) is 10.6 Å². The molecule has 1 amide bonds. The third-order valence-corrected chi connectivity index (χ3v) is 6.62. The quantitative estimate of drug-likeness (QED) is 0.700. The first-order chi connectivity index (χ1) is 13.6. The Bertz CT molecular complexity index is 932. The smallest absolute Gasteiger partial charge is 0.265 e. The minimum absolute atomic E-state index is 0.0600. The molecule has 3 aromatic rings. The van der Waals surface area contributed by atoms with E-state index in [2.05, 4.69) is 4.98 Å². The summed E-state index contributed by atoms with van der Waals surface area (Å²) in [6, 6.07) is 19.8. The van der Waals surface area contributed by atoms with Crippen LogP contribution in [0.3, 0.4) is 0 Å². The maximum Gasteiger partial charge on any atom is 0.265 e. The number of aromatic nitrogens is 1. The maximum absolute atomic E-state index is 13.0. The molecular formula is C23H24N2O2S. The molecule has 1 fully saturated rings. The number of rotatable bonds is 4. The minimum atomic E-state index is -0.465. The summed E-state index contributed by atoms with van der Waals surface area (Å²) in [6.07, 6.45) is 1.16. The molecule has 0 bridgehead atoms. The lowest BCUT2D eigenvalue weighted by molar-refractivity contribution is 0.0465. The van der Waals surface area contributed by atoms with Gasteiger partial charge in [-0.05, 0) is 31.2 Å². The monoisotopic (exact) mass is 392 g/mol. The summed E-state index contributed by atoms with van der Waals surface area (Å²) in [5.41, 5.74) is 2.79. The van der Waals surface area contributed by atoms with Crippen LogP contribution in [0.15, 0.2) is 60.7 Å². The van der Waals surface area contributed by atoms with Gasteiger partial charge in [-0.25, -0.2) is 4.98 Å². The minimum Gasteiger partial charge on any atom is -0.388 e. The first-order valence-electron chi connectivity index (χ1n) is 9.68. The van der Waals surface area contributed by atoms with Crippen LogP contribution < -0.4 is 0 Å². The van der Waals surface area contributed by atoms with Crippen molar-refractivity contribution in [1.82, 2.24) is 9.88 Å². The van der Waals surface area contributed by atoms with Crippen LogP contribution in [0.5, 0.6) is 0 Å². The Balaban J connectivity index is 1.43. The number of benzene rings is 2. The second kappa shape index (κ2) is 8.25. The van der Waals surface area contributed by atoms with E-state index in [0.29, 0.717) is 13.1 Å². The highest BCUT2D eigenvalue weighted by Gasteiger charge is 2.30. The molecule has 144 valence electrons. The number of carbonyl (C=O) groups is 1. The van der Waals surface area contributed by atoms with Crippen LogP contribution in [0.4, 0.5) is 0 Å². The third-order valence-electron chi connectivity index (χ3n) is 5.43. The molecule has 1 unspecified atom stereocenters. The molecule has 4 nitrogen and oxygen atoms in total. The van der Waals surface area contributed by atoms with Crippen molar-refractivity contribution in [3.63, 3.8) is 0 Å². The molecule has 1 aromatic heterocycles. The number of nitrogens with zero attached hydrogens (tertiary/aromatic N) is 2. The number of likely N-dealkylation sites (tertiary alicyclic amines) is 1. The van der Waals surface area contributed by atoms with E-state index in [9.17, 15) is 9.90 Å². The molecule has 1 atom stereocenters. The highest BCUT2D eigenvalue weighted by molar-refractivity contribution is 7.17. The lowest BCUT2D eigenvalue weighted by Gasteiger charge is -2.34. The lowest BCUT2D eigenvalue weighted by atomic mass is 9.87. The Hall–Kier alpha value is -2.50. The molecule has 1 aliphatic rings. The highest BCUT2D eigenvalue weighted by Crippen LogP contribution is 2.33. The summed E-state index contributed by atoms with van der Waals surface area (Å²) < 4.78 is 0. The lowest BCUT2D eigenvalue weighted by Crippen LogP contribution is -2.39. The molecule has 2 heterocycles. The van der Waals surface area contributed by atoms with Crippen molar-refractivity contribution < 1.29 is 9.90 Å². The van der Waals surface area contributed by atoms with Crippen molar-refractivity contribution >= 4 is 17.2 Å². The van der Waals surface area contributed by atoms with Crippen LogP contribution in [0.2, 0.25) is 0 Å². The van der Waals surface area contributed by atoms with Crippen LogP contribution in [0.1, 0.15) is 39.9 Å². The first-order valence-corrected chi connectivity index (χ1v) is 10.5. The Kier molecular flexibility index (Phi) is 5.55. The van der Waals surface area contributed by atoms with Gasteiger partial charge in [-0.2, -0.15) is 0 Å². The standard InChI is InChI=1S/C23H24N2O2S/c1-16-21(28-22(24-16)19-10-6-3-7-11-19)23(27)25-14-12-18(13-15-25)20(26)17-8-4-2-5-9-17/h2-11,18,20,26H,12-15H2,1H3. The fourth-order valence-corrected chi connectivity index (χ4v) is 4.82. The molecule has 28 heavy (non-hydrogen) atoms. The first kappa shape index (κ1) is 18.8. The van der Waals surface area contributed by atoms with Crippen LogP contribution in [-0.2, 0) is 0 Å². The van der Waals surface area contributed by atoms with E-state index in [0.717, 1.165) is 39.5 Å². The predicted octanol–water partition coefficient (Wildman–Crippen LogP) is 4.70. The topological polar surface area (TPSA) is 53.4 Å². The molecule has 2 aromatic carbocycles. The Morgan fingerprint density at radius 1 is 1.07 bits per heavy atom. The van der Waals surface area contributed by atoms with Gasteiger partial charge in [0.25, 0.3) is 5.91 Å². The molecule has 0 aliphatic carbocycles. The van der Waals surface area contributed by atoms with Gasteiger partial charge in [0.1, 0.15) is 9.88 Å². The SMILES string of the molecule is Cc1nc(-c2ccccc2)sc1C(=O)N1CCC(C(O)c2ccccc2)CC1. The molecule has 0 radical (unpaired) electrons. The fourth-order valence-electron chi connectivity index (χ4n) is 3.78. The van der Waals surface area contributed by atoms with Crippen LogP contribution >= 0.6 is 11.3 Å². The zero-order valence-corrected chi connectivity index (χ0v) is 16.7. The molecule has 4 rings (SSSR count). The van der Waals surface area contributed by atoms with Crippen molar-refractivity contribution in [3.05, 3.63) is 76.8 Å². The molecule has 0 spiro atoms. The Morgan fingerprint density at radius 2 is 1.68 bits per heavy atom. The van der Waals surface area contributed by atoms with Crippen molar-refractivity contribution in [2.24, 2.45) is 5.92 Å². The zero-order chi connectivity index (χ0) is 19.5. The summed E-state index contributed by atoms with van der Waals surface area (Å²) in [5.74, 6) is 0.249. The number of aliphatic hydroxyl groups is 1. The average molecular weight is 393 g/mol. The molecule has 0 saturated carbocycles. The Labute approximate surface area is 169 Å². The zero-order valence-electron chi connectivity index (χ0n) is 15.9. The normalized spacial score (nSPS) is 16.1. The van der Waals surface area contributed by atoms with Gasteiger partial charge in [0.05, 0.1) is 11.8 Å². The fraction of sp³-hybridized carbons (Fsp3) is 0.304. The number of carbonyl (C=O) groups excluding carboxylic acids is 1. The molecule has 1 aliphatic heterocycles. The number of piperidine rings is 1. The van der Waals surface area contributed by atoms with Gasteiger partial charge in [0, 0.05) is 18.7 Å². The van der Waals surface area contributed by atoms with Gasteiger partial charge >= 0.3 is 0 Å². The van der Waals surface area contributed by atoms with E-state index in [4.69, 9.17) is 0 Å². The predicted molar refractivity (Wildman–Crippen MR) is 112 cm³/mol. The van der Waals surface area contributed by atoms with E-state index in [1.54, 1.807) is 0 Å². The Morgan fingerprint density at radius 3 is 2.32 bits per heavy atom. The largest absolute Gasteiger partial charge is 0.388 e. The number of amides is 1. The van der Waals surface area contributed by atoms with E-state index in [-0.39, 0.29) is 11.8 Å². The van der Waals surface area contributed by atoms with Gasteiger partial charge in [0.15, 0.2) is 0 Å². The molecular weight excluding hydrogens is 368 g/mol. The second-order valence-corrected chi connectivity index (χ2v) is 8.28. The van der Waals surface area contributed by atoms with E-state index in [1.807, 2.05) is 72.5 Å². The van der Waals surface area contributed by atoms with Gasteiger partial charge in [-0.15, -0.1) is 11.3 Å². The van der Waals surface area contributed by atoms with Crippen molar-refractivity contribution in [2.75, 3.05) is 13.1 Å². The highest BCUT2D eigenvalue weighted by atomic mass is 32.1. The summed E-state index contributed by atoms with van der Waals surface area (Å²) in [5, 5.41) is 11.5. The maximum atomic E-state index is 13.0. The van der Waals surface area contributed by atoms with Crippen molar-refractivity contribution in [1.29, 1.82) is 0 Å². The summed E-state index contributed by atoms with van der Waals surface area (Å²) in [6.45, 7) is 3.25. The number of aryl methyl sites for hydroxylation is 1. The second-order valence-electron chi connectivity index (χ2n) is 7.28. The summed E-state index contributed by atoms with van der Waals surface area (Å²) in [4.78, 5) is 20.3. The number of hydrogen-bond acceptors (Lipinski definition) is 4. The van der Waals surface area contributed by atoms with Crippen LogP contribution in [0, 0.1) is 12.8 Å². The molecule has 5 heteroatoms. The van der Waals surface area contributed by atoms with E-state index in [1.165, 1.54) is 11.3 Å². The molecule has 1 saturated heterocycles. The van der Waals surface area contributed by atoms with Crippen molar-refractivity contribution in [2.45, 2.75) is 25.9 Å².